The normalized spacial score (nSPS) is 16.0. The van der Waals surface area contributed by atoms with Gasteiger partial charge in [-0.05, 0) is 24.5 Å². The van der Waals surface area contributed by atoms with Crippen LogP contribution in [0.4, 0.5) is 5.69 Å². The summed E-state index contributed by atoms with van der Waals surface area (Å²) in [6.07, 6.45) is 6.88. The molecule has 0 bridgehead atoms. The van der Waals surface area contributed by atoms with Gasteiger partial charge in [-0.25, -0.2) is 0 Å². The minimum absolute atomic E-state index is 0.467. The van der Waals surface area contributed by atoms with Crippen LogP contribution in [0.1, 0.15) is 37.7 Å². The van der Waals surface area contributed by atoms with E-state index in [4.69, 9.17) is 18.0 Å². The van der Waals surface area contributed by atoms with Crippen LogP contribution in [0, 0.1) is 5.92 Å². The first-order valence-corrected chi connectivity index (χ1v) is 6.81. The Bertz CT molecular complexity index is 384. The van der Waals surface area contributed by atoms with E-state index in [2.05, 4.69) is 5.32 Å². The molecule has 1 saturated carbocycles. The van der Waals surface area contributed by atoms with Crippen LogP contribution in [-0.4, -0.2) is 11.5 Å². The van der Waals surface area contributed by atoms with Crippen molar-refractivity contribution in [2.45, 2.75) is 32.1 Å². The summed E-state index contributed by atoms with van der Waals surface area (Å²) < 4.78 is 0. The maximum Gasteiger partial charge on any atom is 0.106 e. The fourth-order valence-corrected chi connectivity index (χ4v) is 2.74. The highest BCUT2D eigenvalue weighted by Gasteiger charge is 2.14. The third-order valence-electron chi connectivity index (χ3n) is 3.54. The maximum absolute atomic E-state index is 5.70. The number of nitrogens with one attached hydrogen (secondary N) is 1. The molecule has 17 heavy (non-hydrogen) atoms. The van der Waals surface area contributed by atoms with Gasteiger partial charge in [0.15, 0.2) is 0 Å². The molecular weight excluding hydrogens is 228 g/mol. The van der Waals surface area contributed by atoms with Crippen molar-refractivity contribution in [3.8, 4) is 0 Å². The minimum Gasteiger partial charge on any atom is -0.389 e. The monoisotopic (exact) mass is 248 g/mol. The number of nitrogens with two attached hydrogens (primary N) is 1. The summed E-state index contributed by atoms with van der Waals surface area (Å²) in [7, 11) is 0. The molecule has 1 aromatic carbocycles. The number of anilines is 1. The Morgan fingerprint density at radius 1 is 1.29 bits per heavy atom. The first-order valence-electron chi connectivity index (χ1n) is 6.40. The van der Waals surface area contributed by atoms with Crippen LogP contribution in [0.15, 0.2) is 24.3 Å². The predicted octanol–water partition coefficient (Wildman–Crippen LogP) is 3.31. The third kappa shape index (κ3) is 3.43. The Balaban J connectivity index is 1.87. The second kappa shape index (κ2) is 6.01. The molecule has 1 aromatic rings. The van der Waals surface area contributed by atoms with Gasteiger partial charge in [0.25, 0.3) is 0 Å². The van der Waals surface area contributed by atoms with Crippen LogP contribution in [0.3, 0.4) is 0 Å². The molecule has 0 atom stereocenters. The van der Waals surface area contributed by atoms with Crippen molar-refractivity contribution in [3.63, 3.8) is 0 Å². The lowest BCUT2D eigenvalue weighted by Gasteiger charge is -2.13. The Labute approximate surface area is 109 Å². The molecule has 1 aliphatic carbocycles. The summed E-state index contributed by atoms with van der Waals surface area (Å²) in [5.74, 6) is 0.916. The SMILES string of the molecule is NC(=S)c1ccccc1NCCC1CCCC1. The molecule has 2 rings (SSSR count). The second-order valence-electron chi connectivity index (χ2n) is 4.78. The van der Waals surface area contributed by atoms with Crippen LogP contribution in [0.5, 0.6) is 0 Å². The molecule has 0 spiro atoms. The molecule has 3 heteroatoms. The molecule has 0 aliphatic heterocycles. The van der Waals surface area contributed by atoms with E-state index < -0.39 is 0 Å². The summed E-state index contributed by atoms with van der Waals surface area (Å²) in [5, 5.41) is 3.45. The molecule has 0 saturated heterocycles. The van der Waals surface area contributed by atoms with Gasteiger partial charge in [0.1, 0.15) is 4.99 Å². The topological polar surface area (TPSA) is 38.0 Å². The summed E-state index contributed by atoms with van der Waals surface area (Å²) in [4.78, 5) is 0.467. The van der Waals surface area contributed by atoms with Crippen molar-refractivity contribution in [1.82, 2.24) is 0 Å². The lowest BCUT2D eigenvalue weighted by Crippen LogP contribution is -2.14. The summed E-state index contributed by atoms with van der Waals surface area (Å²) in [6, 6.07) is 8.00. The molecule has 1 fully saturated rings. The molecule has 0 radical (unpaired) electrons. The summed E-state index contributed by atoms with van der Waals surface area (Å²) >= 11 is 5.05. The number of rotatable bonds is 5. The third-order valence-corrected chi connectivity index (χ3v) is 3.76. The number of hydrogen-bond acceptors (Lipinski definition) is 2. The quantitative estimate of drug-likeness (QED) is 0.785. The zero-order chi connectivity index (χ0) is 12.1. The van der Waals surface area contributed by atoms with Crippen LogP contribution in [-0.2, 0) is 0 Å². The van der Waals surface area contributed by atoms with Crippen LogP contribution < -0.4 is 11.1 Å². The van der Waals surface area contributed by atoms with Crippen molar-refractivity contribution < 1.29 is 0 Å². The highest BCUT2D eigenvalue weighted by Crippen LogP contribution is 2.27. The van der Waals surface area contributed by atoms with Crippen molar-refractivity contribution >= 4 is 22.9 Å². The highest BCUT2D eigenvalue weighted by atomic mass is 32.1. The molecule has 92 valence electrons. The van der Waals surface area contributed by atoms with Crippen molar-refractivity contribution in [3.05, 3.63) is 29.8 Å². The van der Waals surface area contributed by atoms with Gasteiger partial charge >= 0.3 is 0 Å². The standard InChI is InChI=1S/C14H20N2S/c15-14(17)12-7-3-4-8-13(12)16-10-9-11-5-1-2-6-11/h3-4,7-8,11,16H,1-2,5-6,9-10H2,(H2,15,17). The van der Waals surface area contributed by atoms with E-state index in [9.17, 15) is 0 Å². The molecule has 3 N–H and O–H groups in total. The number of thiocarbonyl (C=S) groups is 1. The van der Waals surface area contributed by atoms with Gasteiger partial charge < -0.3 is 11.1 Å². The Morgan fingerprint density at radius 3 is 2.71 bits per heavy atom. The van der Waals surface area contributed by atoms with Gasteiger partial charge in [0.05, 0.1) is 0 Å². The summed E-state index contributed by atoms with van der Waals surface area (Å²) in [6.45, 7) is 1.02. The number of hydrogen-bond donors (Lipinski definition) is 2. The smallest absolute Gasteiger partial charge is 0.106 e. The van der Waals surface area contributed by atoms with Crippen LogP contribution >= 0.6 is 12.2 Å². The van der Waals surface area contributed by atoms with Crippen molar-refractivity contribution in [1.29, 1.82) is 0 Å². The first-order chi connectivity index (χ1) is 8.27. The van der Waals surface area contributed by atoms with Crippen molar-refractivity contribution in [2.75, 3.05) is 11.9 Å². The van der Waals surface area contributed by atoms with E-state index >= 15 is 0 Å². The first kappa shape index (κ1) is 12.4. The Hall–Kier alpha value is -1.09. The lowest BCUT2D eigenvalue weighted by molar-refractivity contribution is 0.518. The van der Waals surface area contributed by atoms with Gasteiger partial charge in [-0.3, -0.25) is 0 Å². The lowest BCUT2D eigenvalue weighted by atomic mass is 10.0. The maximum atomic E-state index is 5.70. The van der Waals surface area contributed by atoms with Crippen LogP contribution in [0.2, 0.25) is 0 Å². The minimum atomic E-state index is 0.467. The average molecular weight is 248 g/mol. The average Bonchev–Trinajstić information content (AvgIpc) is 2.82. The van der Waals surface area contributed by atoms with E-state index in [1.54, 1.807) is 0 Å². The second-order valence-corrected chi connectivity index (χ2v) is 5.22. The zero-order valence-corrected chi connectivity index (χ0v) is 10.9. The molecule has 0 amide bonds. The number of benzene rings is 1. The van der Waals surface area contributed by atoms with E-state index in [0.29, 0.717) is 4.99 Å². The predicted molar refractivity (Wildman–Crippen MR) is 77.4 cm³/mol. The van der Waals surface area contributed by atoms with Crippen molar-refractivity contribution in [2.24, 2.45) is 11.7 Å². The molecule has 0 aromatic heterocycles. The van der Waals surface area contributed by atoms with E-state index in [-0.39, 0.29) is 0 Å². The van der Waals surface area contributed by atoms with Gasteiger partial charge in [0.2, 0.25) is 0 Å². The van der Waals surface area contributed by atoms with Gasteiger partial charge in [-0.1, -0.05) is 50.0 Å². The zero-order valence-electron chi connectivity index (χ0n) is 10.1. The van der Waals surface area contributed by atoms with Gasteiger partial charge in [-0.15, -0.1) is 0 Å². The highest BCUT2D eigenvalue weighted by molar-refractivity contribution is 7.80. The molecule has 1 aliphatic rings. The van der Waals surface area contributed by atoms with E-state index in [1.165, 1.54) is 32.1 Å². The molecule has 0 unspecified atom stereocenters. The largest absolute Gasteiger partial charge is 0.389 e. The molecular formula is C14H20N2S. The van der Waals surface area contributed by atoms with Gasteiger partial charge in [0, 0.05) is 17.8 Å². The fraction of sp³-hybridized carbons (Fsp3) is 0.500. The molecule has 0 heterocycles. The van der Waals surface area contributed by atoms with E-state index in [0.717, 1.165) is 23.7 Å². The number of para-hydroxylation sites is 1. The van der Waals surface area contributed by atoms with E-state index in [1.807, 2.05) is 24.3 Å². The fourth-order valence-electron chi connectivity index (χ4n) is 2.56. The summed E-state index contributed by atoms with van der Waals surface area (Å²) in [5.41, 5.74) is 7.72. The van der Waals surface area contributed by atoms with Crippen LogP contribution in [0.25, 0.3) is 0 Å². The molecule has 2 nitrogen and oxygen atoms in total. The Morgan fingerprint density at radius 2 is 2.00 bits per heavy atom. The van der Waals surface area contributed by atoms with Gasteiger partial charge in [-0.2, -0.15) is 0 Å². The Kier molecular flexibility index (Phi) is 4.37.